The molecule has 5 heteroatoms. The second-order valence-corrected chi connectivity index (χ2v) is 5.77. The molecule has 1 aromatic rings. The van der Waals surface area contributed by atoms with Gasteiger partial charge >= 0.3 is 5.97 Å². The lowest BCUT2D eigenvalue weighted by molar-refractivity contribution is -0.141. The third-order valence-corrected chi connectivity index (χ3v) is 4.25. The Balaban J connectivity index is 2.00. The molecule has 1 heterocycles. The molecule has 1 aliphatic rings. The molecule has 1 saturated heterocycles. The van der Waals surface area contributed by atoms with Gasteiger partial charge in [-0.25, -0.2) is 0 Å². The summed E-state index contributed by atoms with van der Waals surface area (Å²) in [5.41, 5.74) is 3.20. The Morgan fingerprint density at radius 3 is 2.41 bits per heavy atom. The highest BCUT2D eigenvalue weighted by molar-refractivity contribution is 5.94. The summed E-state index contributed by atoms with van der Waals surface area (Å²) in [6.45, 7) is 5.52. The van der Waals surface area contributed by atoms with Crippen LogP contribution in [0.25, 0.3) is 0 Å². The van der Waals surface area contributed by atoms with E-state index in [1.54, 1.807) is 0 Å². The summed E-state index contributed by atoms with van der Waals surface area (Å²) in [6, 6.07) is 6.08. The first-order valence-electron chi connectivity index (χ1n) is 7.90. The molecule has 1 aromatic carbocycles. The fraction of sp³-hybridized carbons (Fsp3) is 0.529. The van der Waals surface area contributed by atoms with Crippen LogP contribution in [0.2, 0.25) is 0 Å². The number of carboxylic acids is 1. The van der Waals surface area contributed by atoms with Crippen LogP contribution in [0.4, 0.5) is 5.69 Å². The van der Waals surface area contributed by atoms with Crippen LogP contribution in [-0.2, 0) is 22.4 Å². The number of para-hydroxylation sites is 1. The van der Waals surface area contributed by atoms with Crippen LogP contribution in [-0.4, -0.2) is 41.5 Å². The van der Waals surface area contributed by atoms with Crippen molar-refractivity contribution in [3.05, 3.63) is 29.3 Å². The normalized spacial score (nSPS) is 18.4. The number of amides is 1. The van der Waals surface area contributed by atoms with E-state index in [1.807, 2.05) is 23.1 Å². The molecule has 2 N–H and O–H groups in total. The highest BCUT2D eigenvalue weighted by Crippen LogP contribution is 2.23. The Kier molecular flexibility index (Phi) is 5.55. The van der Waals surface area contributed by atoms with Gasteiger partial charge in [-0.15, -0.1) is 0 Å². The van der Waals surface area contributed by atoms with E-state index in [0.29, 0.717) is 19.5 Å². The van der Waals surface area contributed by atoms with E-state index in [9.17, 15) is 9.59 Å². The Morgan fingerprint density at radius 2 is 1.91 bits per heavy atom. The van der Waals surface area contributed by atoms with Gasteiger partial charge in [-0.05, 0) is 36.9 Å². The number of rotatable bonds is 6. The highest BCUT2D eigenvalue weighted by Gasteiger charge is 2.29. The van der Waals surface area contributed by atoms with E-state index in [4.69, 9.17) is 5.11 Å². The maximum absolute atomic E-state index is 12.3. The largest absolute Gasteiger partial charge is 0.481 e. The van der Waals surface area contributed by atoms with Crippen LogP contribution in [0.3, 0.4) is 0 Å². The molecule has 0 aliphatic carbocycles. The first kappa shape index (κ1) is 16.5. The molecule has 1 fully saturated rings. The lowest BCUT2D eigenvalue weighted by Gasteiger charge is -2.18. The van der Waals surface area contributed by atoms with Crippen molar-refractivity contribution >= 4 is 17.6 Å². The van der Waals surface area contributed by atoms with Gasteiger partial charge in [0.05, 0.1) is 12.5 Å². The Bertz CT molecular complexity index is 535. The standard InChI is InChI=1S/C17H24N2O3/c1-3-12-6-5-7-13(4-2)16(12)18-15(20)11-19-9-8-14(10-19)17(21)22/h5-7,14H,3-4,8-11H2,1-2H3,(H,18,20)(H,21,22). The van der Waals surface area contributed by atoms with Gasteiger partial charge in [-0.2, -0.15) is 0 Å². The van der Waals surface area contributed by atoms with E-state index < -0.39 is 5.97 Å². The van der Waals surface area contributed by atoms with Crippen molar-refractivity contribution in [2.75, 3.05) is 25.0 Å². The predicted molar refractivity (Wildman–Crippen MR) is 86.0 cm³/mol. The number of hydrogen-bond donors (Lipinski definition) is 2. The summed E-state index contributed by atoms with van der Waals surface area (Å²) in [7, 11) is 0. The predicted octanol–water partition coefficient (Wildman–Crippen LogP) is 2.16. The zero-order valence-electron chi connectivity index (χ0n) is 13.3. The molecule has 0 aromatic heterocycles. The number of benzene rings is 1. The minimum atomic E-state index is -0.771. The van der Waals surface area contributed by atoms with Gasteiger partial charge in [0.1, 0.15) is 0 Å². The third kappa shape index (κ3) is 3.85. The van der Waals surface area contributed by atoms with E-state index in [1.165, 1.54) is 0 Å². The van der Waals surface area contributed by atoms with Crippen molar-refractivity contribution < 1.29 is 14.7 Å². The van der Waals surface area contributed by atoms with Crippen LogP contribution < -0.4 is 5.32 Å². The lowest BCUT2D eigenvalue weighted by Crippen LogP contribution is -2.32. The minimum Gasteiger partial charge on any atom is -0.481 e. The zero-order valence-corrected chi connectivity index (χ0v) is 13.3. The smallest absolute Gasteiger partial charge is 0.307 e. The molecule has 1 amide bonds. The SMILES string of the molecule is CCc1cccc(CC)c1NC(=O)CN1CCC(C(=O)O)C1. The number of carbonyl (C=O) groups excluding carboxylic acids is 1. The van der Waals surface area contributed by atoms with Crippen LogP contribution in [0.1, 0.15) is 31.4 Å². The molecule has 1 aliphatic heterocycles. The van der Waals surface area contributed by atoms with Crippen molar-refractivity contribution in [1.82, 2.24) is 4.90 Å². The van der Waals surface area contributed by atoms with Gasteiger partial charge in [0.2, 0.25) is 5.91 Å². The first-order chi connectivity index (χ1) is 10.5. The zero-order chi connectivity index (χ0) is 16.1. The summed E-state index contributed by atoms with van der Waals surface area (Å²) in [5, 5.41) is 12.0. The van der Waals surface area contributed by atoms with Crippen molar-refractivity contribution in [2.24, 2.45) is 5.92 Å². The topological polar surface area (TPSA) is 69.6 Å². The number of nitrogens with zero attached hydrogens (tertiary/aromatic N) is 1. The molecule has 2 rings (SSSR count). The van der Waals surface area contributed by atoms with Gasteiger partial charge in [0.25, 0.3) is 0 Å². The number of anilines is 1. The van der Waals surface area contributed by atoms with Gasteiger partial charge in [-0.1, -0.05) is 32.0 Å². The van der Waals surface area contributed by atoms with Gasteiger partial charge in [-0.3, -0.25) is 14.5 Å². The quantitative estimate of drug-likeness (QED) is 0.845. The molecule has 120 valence electrons. The van der Waals surface area contributed by atoms with Crippen molar-refractivity contribution in [1.29, 1.82) is 0 Å². The molecule has 5 nitrogen and oxygen atoms in total. The Labute approximate surface area is 131 Å². The average Bonchev–Trinajstić information content (AvgIpc) is 2.96. The number of carbonyl (C=O) groups is 2. The summed E-state index contributed by atoms with van der Waals surface area (Å²) >= 11 is 0. The minimum absolute atomic E-state index is 0.0679. The summed E-state index contributed by atoms with van der Waals surface area (Å²) < 4.78 is 0. The number of hydrogen-bond acceptors (Lipinski definition) is 3. The fourth-order valence-electron chi connectivity index (χ4n) is 2.96. The number of carboxylic acid groups (broad SMARTS) is 1. The van der Waals surface area contributed by atoms with Crippen LogP contribution in [0.15, 0.2) is 18.2 Å². The number of aliphatic carboxylic acids is 1. The number of likely N-dealkylation sites (tertiary alicyclic amines) is 1. The number of nitrogens with one attached hydrogen (secondary N) is 1. The molecular weight excluding hydrogens is 280 g/mol. The van der Waals surface area contributed by atoms with Crippen molar-refractivity contribution in [2.45, 2.75) is 33.1 Å². The maximum atomic E-state index is 12.3. The molecule has 0 saturated carbocycles. The van der Waals surface area contributed by atoms with Crippen molar-refractivity contribution in [3.63, 3.8) is 0 Å². The Morgan fingerprint density at radius 1 is 1.27 bits per heavy atom. The third-order valence-electron chi connectivity index (χ3n) is 4.25. The molecule has 1 unspecified atom stereocenters. The molecule has 0 radical (unpaired) electrons. The fourth-order valence-corrected chi connectivity index (χ4v) is 2.96. The Hall–Kier alpha value is -1.88. The van der Waals surface area contributed by atoms with Gasteiger partial charge < -0.3 is 10.4 Å². The maximum Gasteiger partial charge on any atom is 0.307 e. The molecule has 0 spiro atoms. The first-order valence-corrected chi connectivity index (χ1v) is 7.90. The summed E-state index contributed by atoms with van der Waals surface area (Å²) in [5.74, 6) is -1.18. The van der Waals surface area contributed by atoms with E-state index in [2.05, 4.69) is 19.2 Å². The molecule has 0 bridgehead atoms. The van der Waals surface area contributed by atoms with E-state index in [-0.39, 0.29) is 18.4 Å². The number of aryl methyl sites for hydroxylation is 2. The second kappa shape index (κ2) is 7.40. The molecular formula is C17H24N2O3. The highest BCUT2D eigenvalue weighted by atomic mass is 16.4. The molecule has 1 atom stereocenters. The van der Waals surface area contributed by atoms with Crippen LogP contribution >= 0.6 is 0 Å². The second-order valence-electron chi connectivity index (χ2n) is 5.77. The van der Waals surface area contributed by atoms with Gasteiger partial charge in [0.15, 0.2) is 0 Å². The van der Waals surface area contributed by atoms with Crippen molar-refractivity contribution in [3.8, 4) is 0 Å². The van der Waals surface area contributed by atoms with Crippen LogP contribution in [0.5, 0.6) is 0 Å². The summed E-state index contributed by atoms with van der Waals surface area (Å²) in [4.78, 5) is 25.2. The monoisotopic (exact) mass is 304 g/mol. The lowest BCUT2D eigenvalue weighted by atomic mass is 10.0. The summed E-state index contributed by atoms with van der Waals surface area (Å²) in [6.07, 6.45) is 2.36. The van der Waals surface area contributed by atoms with E-state index in [0.717, 1.165) is 29.7 Å². The molecule has 22 heavy (non-hydrogen) atoms. The van der Waals surface area contributed by atoms with Gasteiger partial charge in [0, 0.05) is 12.2 Å². The van der Waals surface area contributed by atoms with E-state index >= 15 is 0 Å². The average molecular weight is 304 g/mol. The van der Waals surface area contributed by atoms with Crippen LogP contribution in [0, 0.1) is 5.92 Å².